The van der Waals surface area contributed by atoms with Crippen LogP contribution in [-0.2, 0) is 0 Å². The second kappa shape index (κ2) is 6.12. The lowest BCUT2D eigenvalue weighted by atomic mass is 9.92. The third-order valence-electron chi connectivity index (χ3n) is 3.53. The fraction of sp³-hybridized carbons (Fsp3) is 0.176. The Morgan fingerprint density at radius 3 is 2.71 bits per heavy atom. The number of nitrogens with zero attached hydrogens (tertiary/aromatic N) is 2. The van der Waals surface area contributed by atoms with Gasteiger partial charge in [0, 0.05) is 27.9 Å². The molecule has 0 saturated carbocycles. The van der Waals surface area contributed by atoms with E-state index in [1.165, 1.54) is 11.1 Å². The average molecular weight is 362 g/mol. The molecule has 2 nitrogen and oxygen atoms in total. The standard InChI is InChI=1S/C17H14BrClN2/c1-11-20-10-14-6-5-13(8-17(14)21-11)16(9-18)12-3-2-4-15(19)7-12/h2-8,10,16H,9H2,1H3/t16-/m0/s1. The summed E-state index contributed by atoms with van der Waals surface area (Å²) in [6.45, 7) is 1.91. The Morgan fingerprint density at radius 2 is 1.95 bits per heavy atom. The number of hydrogen-bond acceptors (Lipinski definition) is 2. The molecule has 2 aromatic carbocycles. The lowest BCUT2D eigenvalue weighted by Gasteiger charge is -2.16. The van der Waals surface area contributed by atoms with Crippen molar-refractivity contribution in [2.24, 2.45) is 0 Å². The first kappa shape index (κ1) is 14.5. The molecule has 3 aromatic rings. The number of rotatable bonds is 3. The highest BCUT2D eigenvalue weighted by Gasteiger charge is 2.14. The van der Waals surface area contributed by atoms with E-state index in [0.29, 0.717) is 0 Å². The van der Waals surface area contributed by atoms with Crippen molar-refractivity contribution in [3.63, 3.8) is 0 Å². The average Bonchev–Trinajstić information content (AvgIpc) is 2.48. The van der Waals surface area contributed by atoms with Gasteiger partial charge in [-0.25, -0.2) is 9.97 Å². The molecule has 1 heterocycles. The van der Waals surface area contributed by atoms with Crippen molar-refractivity contribution in [1.29, 1.82) is 0 Å². The van der Waals surface area contributed by atoms with Gasteiger partial charge < -0.3 is 0 Å². The van der Waals surface area contributed by atoms with Crippen LogP contribution in [-0.4, -0.2) is 15.3 Å². The Morgan fingerprint density at radius 1 is 1.14 bits per heavy atom. The maximum atomic E-state index is 6.11. The highest BCUT2D eigenvalue weighted by Crippen LogP contribution is 2.30. The number of halogens is 2. The Bertz CT molecular complexity index is 789. The molecule has 0 spiro atoms. The molecule has 0 N–H and O–H groups in total. The van der Waals surface area contributed by atoms with Gasteiger partial charge >= 0.3 is 0 Å². The van der Waals surface area contributed by atoms with Crippen LogP contribution < -0.4 is 0 Å². The van der Waals surface area contributed by atoms with Crippen LogP contribution in [0.5, 0.6) is 0 Å². The van der Waals surface area contributed by atoms with Gasteiger partial charge in [-0.2, -0.15) is 0 Å². The van der Waals surface area contributed by atoms with E-state index in [1.807, 2.05) is 31.3 Å². The van der Waals surface area contributed by atoms with Gasteiger partial charge in [-0.3, -0.25) is 0 Å². The minimum atomic E-state index is 0.253. The van der Waals surface area contributed by atoms with E-state index in [-0.39, 0.29) is 5.92 Å². The zero-order chi connectivity index (χ0) is 14.8. The first-order valence-electron chi connectivity index (χ1n) is 6.72. The van der Waals surface area contributed by atoms with Crippen LogP contribution in [0.4, 0.5) is 0 Å². The third kappa shape index (κ3) is 3.09. The topological polar surface area (TPSA) is 25.8 Å². The van der Waals surface area contributed by atoms with E-state index in [9.17, 15) is 0 Å². The molecule has 1 aromatic heterocycles. The van der Waals surface area contributed by atoms with Gasteiger partial charge in [-0.05, 0) is 36.2 Å². The molecular weight excluding hydrogens is 348 g/mol. The lowest BCUT2D eigenvalue weighted by Crippen LogP contribution is -2.03. The van der Waals surface area contributed by atoms with Crippen molar-refractivity contribution >= 4 is 38.4 Å². The molecule has 106 valence electrons. The summed E-state index contributed by atoms with van der Waals surface area (Å²) >= 11 is 9.73. The fourth-order valence-electron chi connectivity index (χ4n) is 2.44. The van der Waals surface area contributed by atoms with Crippen LogP contribution >= 0.6 is 27.5 Å². The van der Waals surface area contributed by atoms with Gasteiger partial charge in [-0.1, -0.05) is 51.8 Å². The number of alkyl halides is 1. The summed E-state index contributed by atoms with van der Waals surface area (Å²) in [6.07, 6.45) is 1.87. The number of aryl methyl sites for hydroxylation is 1. The first-order valence-corrected chi connectivity index (χ1v) is 8.22. The SMILES string of the molecule is Cc1ncc2ccc([C@@H](CBr)c3cccc(Cl)c3)cc2n1. The van der Waals surface area contributed by atoms with Crippen LogP contribution in [0, 0.1) is 6.92 Å². The maximum absolute atomic E-state index is 6.11. The van der Waals surface area contributed by atoms with Crippen LogP contribution in [0.2, 0.25) is 5.02 Å². The Kier molecular flexibility index (Phi) is 4.22. The highest BCUT2D eigenvalue weighted by atomic mass is 79.9. The molecule has 0 fully saturated rings. The summed E-state index contributed by atoms with van der Waals surface area (Å²) in [5.41, 5.74) is 3.40. The molecular formula is C17H14BrClN2. The van der Waals surface area contributed by atoms with Gasteiger partial charge in [0.15, 0.2) is 0 Å². The van der Waals surface area contributed by atoms with Crippen molar-refractivity contribution in [2.45, 2.75) is 12.8 Å². The van der Waals surface area contributed by atoms with Gasteiger partial charge in [0.25, 0.3) is 0 Å². The van der Waals surface area contributed by atoms with E-state index in [4.69, 9.17) is 11.6 Å². The molecule has 3 rings (SSSR count). The second-order valence-corrected chi connectivity index (χ2v) is 6.08. The van der Waals surface area contributed by atoms with E-state index in [1.54, 1.807) is 0 Å². The molecule has 1 atom stereocenters. The monoisotopic (exact) mass is 360 g/mol. The minimum absolute atomic E-state index is 0.253. The van der Waals surface area contributed by atoms with Crippen LogP contribution in [0.3, 0.4) is 0 Å². The zero-order valence-electron chi connectivity index (χ0n) is 11.6. The lowest BCUT2D eigenvalue weighted by molar-refractivity contribution is 0.945. The zero-order valence-corrected chi connectivity index (χ0v) is 13.9. The Balaban J connectivity index is 2.08. The van der Waals surface area contributed by atoms with Crippen LogP contribution in [0.1, 0.15) is 22.9 Å². The Labute approximate surface area is 137 Å². The van der Waals surface area contributed by atoms with E-state index >= 15 is 0 Å². The number of hydrogen-bond donors (Lipinski definition) is 0. The normalized spacial score (nSPS) is 12.5. The number of fused-ring (bicyclic) bond motifs is 1. The van der Waals surface area contributed by atoms with Crippen LogP contribution in [0.15, 0.2) is 48.7 Å². The summed E-state index contributed by atoms with van der Waals surface area (Å²) in [6, 6.07) is 14.3. The molecule has 4 heteroatoms. The van der Waals surface area contributed by atoms with Gasteiger partial charge in [0.2, 0.25) is 0 Å². The summed E-state index contributed by atoms with van der Waals surface area (Å²) in [5, 5.41) is 2.66. The highest BCUT2D eigenvalue weighted by molar-refractivity contribution is 9.09. The predicted molar refractivity (Wildman–Crippen MR) is 91.4 cm³/mol. The number of aromatic nitrogens is 2. The largest absolute Gasteiger partial charge is 0.241 e. The Hall–Kier alpha value is -1.45. The second-order valence-electron chi connectivity index (χ2n) is 5.00. The smallest absolute Gasteiger partial charge is 0.125 e. The van der Waals surface area contributed by atoms with E-state index in [0.717, 1.165) is 27.1 Å². The molecule has 0 aliphatic heterocycles. The quantitative estimate of drug-likeness (QED) is 0.605. The molecule has 0 amide bonds. The van der Waals surface area contributed by atoms with Crippen LogP contribution in [0.25, 0.3) is 10.9 Å². The predicted octanol–water partition coefficient (Wildman–Crippen LogP) is 5.12. The summed E-state index contributed by atoms with van der Waals surface area (Å²) in [5.74, 6) is 1.04. The van der Waals surface area contributed by atoms with Crippen molar-refractivity contribution < 1.29 is 0 Å². The van der Waals surface area contributed by atoms with Crippen molar-refractivity contribution in [1.82, 2.24) is 9.97 Å². The molecule has 0 unspecified atom stereocenters. The summed E-state index contributed by atoms with van der Waals surface area (Å²) in [7, 11) is 0. The molecule has 21 heavy (non-hydrogen) atoms. The molecule has 0 bridgehead atoms. The fourth-order valence-corrected chi connectivity index (χ4v) is 3.39. The third-order valence-corrected chi connectivity index (χ3v) is 4.42. The molecule has 0 aliphatic carbocycles. The number of benzene rings is 2. The molecule has 0 radical (unpaired) electrons. The minimum Gasteiger partial charge on any atom is -0.241 e. The molecule has 0 saturated heterocycles. The van der Waals surface area contributed by atoms with Gasteiger partial charge in [0.1, 0.15) is 5.82 Å². The van der Waals surface area contributed by atoms with Crippen molar-refractivity contribution in [3.8, 4) is 0 Å². The van der Waals surface area contributed by atoms with E-state index in [2.05, 4.69) is 50.2 Å². The molecule has 0 aliphatic rings. The summed E-state index contributed by atoms with van der Waals surface area (Å²) in [4.78, 5) is 8.75. The van der Waals surface area contributed by atoms with Crippen molar-refractivity contribution in [2.75, 3.05) is 5.33 Å². The maximum Gasteiger partial charge on any atom is 0.125 e. The van der Waals surface area contributed by atoms with Crippen molar-refractivity contribution in [3.05, 3.63) is 70.6 Å². The van der Waals surface area contributed by atoms with Gasteiger partial charge in [-0.15, -0.1) is 0 Å². The summed E-state index contributed by atoms with van der Waals surface area (Å²) < 4.78 is 0. The van der Waals surface area contributed by atoms with Gasteiger partial charge in [0.05, 0.1) is 5.52 Å². The van der Waals surface area contributed by atoms with E-state index < -0.39 is 0 Å². The first-order chi connectivity index (χ1) is 10.2.